The summed E-state index contributed by atoms with van der Waals surface area (Å²) in [6.45, 7) is 8.62. The number of amides is 1. The van der Waals surface area contributed by atoms with Crippen molar-refractivity contribution in [2.45, 2.75) is 34.2 Å². The Morgan fingerprint density at radius 2 is 1.72 bits per heavy atom. The maximum absolute atomic E-state index is 13.6. The lowest BCUT2D eigenvalue weighted by Gasteiger charge is -2.18. The second-order valence-corrected chi connectivity index (χ2v) is 9.94. The van der Waals surface area contributed by atoms with Gasteiger partial charge in [0.1, 0.15) is 11.2 Å². The molecule has 2 aromatic carbocycles. The van der Waals surface area contributed by atoms with Crippen molar-refractivity contribution in [2.75, 3.05) is 19.7 Å². The summed E-state index contributed by atoms with van der Waals surface area (Å²) in [4.78, 5) is 40.5. The first-order chi connectivity index (χ1) is 18.8. The van der Waals surface area contributed by atoms with Crippen LogP contribution in [-0.4, -0.2) is 50.8 Å². The van der Waals surface area contributed by atoms with Crippen molar-refractivity contribution in [3.05, 3.63) is 91.5 Å². The summed E-state index contributed by atoms with van der Waals surface area (Å²) in [5, 5.41) is 4.84. The van der Waals surface area contributed by atoms with Gasteiger partial charge in [-0.15, -0.1) is 11.3 Å². The monoisotopic (exact) mass is 544 g/mol. The largest absolute Gasteiger partial charge is 0.463 e. The van der Waals surface area contributed by atoms with E-state index in [-0.39, 0.29) is 24.6 Å². The number of aryl methyl sites for hydroxylation is 1. The summed E-state index contributed by atoms with van der Waals surface area (Å²) in [6.07, 6.45) is 4.93. The molecule has 39 heavy (non-hydrogen) atoms. The maximum atomic E-state index is 13.6. The zero-order valence-electron chi connectivity index (χ0n) is 22.6. The normalized spacial score (nSPS) is 12.1. The molecule has 0 unspecified atom stereocenters. The molecular weight excluding hydrogens is 512 g/mol. The molecule has 9 heteroatoms. The van der Waals surface area contributed by atoms with Crippen molar-refractivity contribution in [3.63, 3.8) is 0 Å². The zero-order valence-corrected chi connectivity index (χ0v) is 23.4. The predicted octanol–water partition coefficient (Wildman–Crippen LogP) is 3.11. The molecule has 0 N–H and O–H groups in total. The first kappa shape index (κ1) is 27.8. The molecule has 8 nitrogen and oxygen atoms in total. The van der Waals surface area contributed by atoms with Gasteiger partial charge in [-0.2, -0.15) is 5.10 Å². The number of thiazole rings is 1. The van der Waals surface area contributed by atoms with Gasteiger partial charge in [0.2, 0.25) is 5.91 Å². The van der Waals surface area contributed by atoms with Crippen LogP contribution in [0.15, 0.2) is 65.6 Å². The average molecular weight is 545 g/mol. The lowest BCUT2D eigenvalue weighted by molar-refractivity contribution is -0.135. The summed E-state index contributed by atoms with van der Waals surface area (Å²) in [6, 6.07) is 17.8. The fourth-order valence-electron chi connectivity index (χ4n) is 4.17. The van der Waals surface area contributed by atoms with Gasteiger partial charge < -0.3 is 9.64 Å². The van der Waals surface area contributed by atoms with E-state index in [2.05, 4.69) is 0 Å². The van der Waals surface area contributed by atoms with E-state index in [1.807, 2.05) is 81.6 Å². The summed E-state index contributed by atoms with van der Waals surface area (Å²) in [7, 11) is 0. The van der Waals surface area contributed by atoms with E-state index in [0.717, 1.165) is 33.7 Å². The van der Waals surface area contributed by atoms with Crippen LogP contribution in [0.3, 0.4) is 0 Å². The van der Waals surface area contributed by atoms with Gasteiger partial charge in [-0.1, -0.05) is 48.0 Å². The first-order valence-corrected chi connectivity index (χ1v) is 13.8. The number of hydrogen-bond donors (Lipinski definition) is 0. The van der Waals surface area contributed by atoms with Crippen molar-refractivity contribution in [1.82, 2.24) is 19.2 Å². The SMILES string of the molecule is CCOC(=O)/C=c1\s/c(=C\c2cn(-c3ccccc3)nc2-c2ccc(C)cc2)c(=O)n1CC(=O)N(CC)CC. The maximum Gasteiger partial charge on any atom is 0.333 e. The van der Waals surface area contributed by atoms with Gasteiger partial charge in [-0.05, 0) is 45.9 Å². The van der Waals surface area contributed by atoms with Crippen LogP contribution in [0.1, 0.15) is 31.9 Å². The van der Waals surface area contributed by atoms with E-state index in [1.165, 1.54) is 10.6 Å². The predicted molar refractivity (Wildman–Crippen MR) is 154 cm³/mol. The van der Waals surface area contributed by atoms with Crippen LogP contribution in [0.4, 0.5) is 0 Å². The van der Waals surface area contributed by atoms with Crippen LogP contribution in [0.5, 0.6) is 0 Å². The minimum Gasteiger partial charge on any atom is -0.463 e. The van der Waals surface area contributed by atoms with Crippen molar-refractivity contribution >= 4 is 35.4 Å². The lowest BCUT2D eigenvalue weighted by atomic mass is 10.1. The highest BCUT2D eigenvalue weighted by Gasteiger charge is 2.16. The summed E-state index contributed by atoms with van der Waals surface area (Å²) >= 11 is 1.15. The molecule has 0 aliphatic carbocycles. The van der Waals surface area contributed by atoms with Gasteiger partial charge in [0.25, 0.3) is 5.56 Å². The fraction of sp³-hybridized carbons (Fsp3) is 0.267. The lowest BCUT2D eigenvalue weighted by Crippen LogP contribution is -2.40. The van der Waals surface area contributed by atoms with Crippen molar-refractivity contribution in [3.8, 4) is 16.9 Å². The van der Waals surface area contributed by atoms with Gasteiger partial charge in [0.15, 0.2) is 0 Å². The Morgan fingerprint density at radius 3 is 2.36 bits per heavy atom. The molecule has 0 radical (unpaired) electrons. The van der Waals surface area contributed by atoms with E-state index in [4.69, 9.17) is 9.84 Å². The molecule has 2 aromatic heterocycles. The quantitative estimate of drug-likeness (QED) is 0.302. The third-order valence-electron chi connectivity index (χ3n) is 6.25. The van der Waals surface area contributed by atoms with Gasteiger partial charge in [-0.3, -0.25) is 14.2 Å². The Labute approximate surface area is 231 Å². The third kappa shape index (κ3) is 6.43. The standard InChI is InChI=1S/C30H32N4O4S/c1-5-32(6-2)26(35)20-33-27(18-28(36)38-7-3)39-25(30(33)37)17-23-19-34(24-11-9-8-10-12-24)31-29(23)22-15-13-21(4)14-16-22/h8-19H,5-7,20H2,1-4H3/b25-17-,27-18-. The molecule has 0 atom stereocenters. The molecule has 1 amide bonds. The Kier molecular flexibility index (Phi) is 8.93. The number of nitrogens with zero attached hydrogens (tertiary/aromatic N) is 4. The number of esters is 1. The molecule has 0 aliphatic heterocycles. The smallest absolute Gasteiger partial charge is 0.333 e. The van der Waals surface area contributed by atoms with Crippen molar-refractivity contribution < 1.29 is 14.3 Å². The minimum absolute atomic E-state index is 0.163. The van der Waals surface area contributed by atoms with E-state index in [1.54, 1.807) is 22.6 Å². The summed E-state index contributed by atoms with van der Waals surface area (Å²) < 4.78 is 8.96. The van der Waals surface area contributed by atoms with E-state index in [9.17, 15) is 14.4 Å². The van der Waals surface area contributed by atoms with Crippen molar-refractivity contribution in [2.24, 2.45) is 0 Å². The molecule has 0 aliphatic rings. The van der Waals surface area contributed by atoms with Crippen LogP contribution in [-0.2, 0) is 20.9 Å². The molecular formula is C30H32N4O4S. The van der Waals surface area contributed by atoms with Crippen LogP contribution in [0.2, 0.25) is 0 Å². The van der Waals surface area contributed by atoms with Gasteiger partial charge >= 0.3 is 5.97 Å². The number of para-hydroxylation sites is 1. The van der Waals surface area contributed by atoms with Crippen molar-refractivity contribution in [1.29, 1.82) is 0 Å². The Balaban J connectivity index is 1.90. The fourth-order valence-corrected chi connectivity index (χ4v) is 5.19. The molecule has 0 spiro atoms. The molecule has 0 saturated carbocycles. The van der Waals surface area contributed by atoms with Gasteiger partial charge in [0.05, 0.1) is 28.6 Å². The van der Waals surface area contributed by atoms with Crippen LogP contribution >= 0.6 is 11.3 Å². The Morgan fingerprint density at radius 1 is 1.03 bits per heavy atom. The number of benzene rings is 2. The second-order valence-electron chi connectivity index (χ2n) is 8.88. The number of carbonyl (C=O) groups excluding carboxylic acids is 2. The van der Waals surface area contributed by atoms with E-state index in [0.29, 0.717) is 28.0 Å². The Bertz CT molecular complexity index is 1630. The van der Waals surface area contributed by atoms with Crippen LogP contribution in [0, 0.1) is 6.92 Å². The summed E-state index contributed by atoms with van der Waals surface area (Å²) in [5.74, 6) is -0.756. The van der Waals surface area contributed by atoms with Gasteiger partial charge in [-0.25, -0.2) is 9.48 Å². The Hall–Kier alpha value is -4.24. The average Bonchev–Trinajstić information content (AvgIpc) is 3.47. The summed E-state index contributed by atoms with van der Waals surface area (Å²) in [5.41, 5.74) is 4.03. The third-order valence-corrected chi connectivity index (χ3v) is 7.31. The number of carbonyl (C=O) groups is 2. The number of likely N-dealkylation sites (N-methyl/N-ethyl adjacent to an activating group) is 1. The minimum atomic E-state index is -0.563. The molecule has 4 rings (SSSR count). The molecule has 0 bridgehead atoms. The highest BCUT2D eigenvalue weighted by Crippen LogP contribution is 2.24. The molecule has 0 fully saturated rings. The second kappa shape index (κ2) is 12.5. The number of aromatic nitrogens is 3. The molecule has 2 heterocycles. The zero-order chi connectivity index (χ0) is 27.9. The van der Waals surface area contributed by atoms with Crippen LogP contribution < -0.4 is 14.8 Å². The van der Waals surface area contributed by atoms with E-state index >= 15 is 0 Å². The van der Waals surface area contributed by atoms with Crippen LogP contribution in [0.25, 0.3) is 29.1 Å². The molecule has 4 aromatic rings. The first-order valence-electron chi connectivity index (χ1n) is 12.9. The number of rotatable bonds is 9. The van der Waals surface area contributed by atoms with Gasteiger partial charge in [0, 0.05) is 30.4 Å². The number of ether oxygens (including phenoxy) is 1. The van der Waals surface area contributed by atoms with E-state index < -0.39 is 5.97 Å². The number of hydrogen-bond acceptors (Lipinski definition) is 6. The highest BCUT2D eigenvalue weighted by atomic mass is 32.1. The topological polar surface area (TPSA) is 86.4 Å². The highest BCUT2D eigenvalue weighted by molar-refractivity contribution is 7.07. The molecule has 202 valence electrons. The molecule has 0 saturated heterocycles.